The zero-order valence-electron chi connectivity index (χ0n) is 23.1. The van der Waals surface area contributed by atoms with Gasteiger partial charge < -0.3 is 25.0 Å². The molecule has 0 saturated heterocycles. The highest BCUT2D eigenvalue weighted by molar-refractivity contribution is 5.92. The quantitative estimate of drug-likeness (QED) is 0.325. The number of alkyl carbamates (subject to hydrolysis) is 1. The lowest BCUT2D eigenvalue weighted by Gasteiger charge is -2.35. The van der Waals surface area contributed by atoms with Gasteiger partial charge in [0.1, 0.15) is 17.7 Å². The molecule has 0 heterocycles. The number of rotatable bonds is 12. The van der Waals surface area contributed by atoms with E-state index in [0.29, 0.717) is 17.5 Å². The van der Waals surface area contributed by atoms with E-state index in [-0.39, 0.29) is 32.0 Å². The molecule has 2 N–H and O–H groups in total. The average Bonchev–Trinajstić information content (AvgIpc) is 2.84. The van der Waals surface area contributed by atoms with E-state index in [9.17, 15) is 19.2 Å². The van der Waals surface area contributed by atoms with Crippen LogP contribution in [-0.4, -0.2) is 60.1 Å². The number of amides is 3. The number of benzene rings is 1. The molecule has 37 heavy (non-hydrogen) atoms. The van der Waals surface area contributed by atoms with E-state index >= 15 is 0 Å². The van der Waals surface area contributed by atoms with Gasteiger partial charge in [-0.3, -0.25) is 14.4 Å². The maximum absolute atomic E-state index is 13.9. The van der Waals surface area contributed by atoms with Crippen LogP contribution in [0.5, 0.6) is 0 Å². The molecule has 0 saturated carbocycles. The Hall–Kier alpha value is -3.54. The van der Waals surface area contributed by atoms with E-state index in [2.05, 4.69) is 16.6 Å². The fourth-order valence-electron chi connectivity index (χ4n) is 3.61. The summed E-state index contributed by atoms with van der Waals surface area (Å²) in [5.41, 5.74) is 0.434. The van der Waals surface area contributed by atoms with Crippen LogP contribution in [0.3, 0.4) is 0 Å². The second-order valence-corrected chi connectivity index (χ2v) is 9.65. The van der Waals surface area contributed by atoms with Crippen molar-refractivity contribution in [1.82, 2.24) is 15.5 Å². The van der Waals surface area contributed by atoms with E-state index in [1.54, 1.807) is 58.9 Å². The topological polar surface area (TPSA) is 114 Å². The van der Waals surface area contributed by atoms with Crippen LogP contribution in [0.1, 0.15) is 78.5 Å². The Morgan fingerprint density at radius 3 is 2.19 bits per heavy atom. The largest absolute Gasteiger partial charge is 0.466 e. The van der Waals surface area contributed by atoms with Crippen molar-refractivity contribution in [2.45, 2.75) is 79.0 Å². The monoisotopic (exact) mass is 515 g/mol. The van der Waals surface area contributed by atoms with Crippen molar-refractivity contribution < 1.29 is 28.7 Å². The van der Waals surface area contributed by atoms with Gasteiger partial charge in [-0.15, -0.1) is 6.42 Å². The van der Waals surface area contributed by atoms with Crippen LogP contribution in [0, 0.1) is 18.3 Å². The second kappa shape index (κ2) is 14.9. The molecular weight excluding hydrogens is 474 g/mol. The van der Waals surface area contributed by atoms with Gasteiger partial charge in [-0.2, -0.15) is 0 Å². The number of nitrogens with zero attached hydrogens (tertiary/aromatic N) is 1. The molecule has 204 valence electrons. The smallest absolute Gasteiger partial charge is 0.408 e. The number of ether oxygens (including phenoxy) is 2. The molecule has 0 aliphatic heterocycles. The zero-order chi connectivity index (χ0) is 28.2. The fraction of sp³-hybridized carbons (Fsp3) is 0.571. The van der Waals surface area contributed by atoms with Crippen LogP contribution >= 0.6 is 0 Å². The number of hydrogen-bond donors (Lipinski definition) is 2. The first kappa shape index (κ1) is 31.5. The van der Waals surface area contributed by atoms with E-state index in [4.69, 9.17) is 15.9 Å². The molecule has 0 spiro atoms. The summed E-state index contributed by atoms with van der Waals surface area (Å²) in [6.45, 7) is 12.9. The molecule has 9 nitrogen and oxygen atoms in total. The molecule has 0 aliphatic rings. The van der Waals surface area contributed by atoms with Gasteiger partial charge >= 0.3 is 12.1 Å². The summed E-state index contributed by atoms with van der Waals surface area (Å²) in [4.78, 5) is 53.0. The molecular formula is C28H41N3O6. The Balaban J connectivity index is 3.33. The van der Waals surface area contributed by atoms with Crippen LogP contribution in [0.15, 0.2) is 24.3 Å². The highest BCUT2D eigenvalue weighted by Gasteiger charge is 2.37. The summed E-state index contributed by atoms with van der Waals surface area (Å²) in [6.07, 6.45) is 5.37. The van der Waals surface area contributed by atoms with Gasteiger partial charge in [0.05, 0.1) is 13.0 Å². The minimum atomic E-state index is -1.02. The molecule has 1 aromatic rings. The van der Waals surface area contributed by atoms with Gasteiger partial charge in [-0.25, -0.2) is 4.79 Å². The van der Waals surface area contributed by atoms with Crippen LogP contribution in [0.25, 0.3) is 0 Å². The summed E-state index contributed by atoms with van der Waals surface area (Å²) in [7, 11) is 0. The van der Waals surface area contributed by atoms with Crippen molar-refractivity contribution in [1.29, 1.82) is 0 Å². The SMILES string of the molecule is C#Cc1ccc(C(C(=O)NCCC(=O)OCC)N(CC)C(=O)C(NC(=O)OC(C)(C)C)C(C)CC)cc1. The van der Waals surface area contributed by atoms with Crippen molar-refractivity contribution in [2.75, 3.05) is 19.7 Å². The zero-order valence-corrected chi connectivity index (χ0v) is 23.1. The first-order valence-electron chi connectivity index (χ1n) is 12.7. The third-order valence-corrected chi connectivity index (χ3v) is 5.66. The maximum Gasteiger partial charge on any atom is 0.408 e. The molecule has 1 aromatic carbocycles. The molecule has 3 unspecified atom stereocenters. The van der Waals surface area contributed by atoms with Crippen LogP contribution < -0.4 is 10.6 Å². The number of esters is 1. The highest BCUT2D eigenvalue weighted by Crippen LogP contribution is 2.25. The van der Waals surface area contributed by atoms with Gasteiger partial charge in [0, 0.05) is 18.7 Å². The fourth-order valence-corrected chi connectivity index (χ4v) is 3.61. The van der Waals surface area contributed by atoms with Crippen molar-refractivity contribution in [3.63, 3.8) is 0 Å². The summed E-state index contributed by atoms with van der Waals surface area (Å²) in [5.74, 6) is 0.985. The van der Waals surface area contributed by atoms with Crippen LogP contribution in [-0.2, 0) is 23.9 Å². The van der Waals surface area contributed by atoms with E-state index in [0.717, 1.165) is 0 Å². The summed E-state index contributed by atoms with van der Waals surface area (Å²) < 4.78 is 10.3. The highest BCUT2D eigenvalue weighted by atomic mass is 16.6. The number of carbonyl (C=O) groups excluding carboxylic acids is 4. The normalized spacial score (nSPS) is 13.4. The Kier molecular flexibility index (Phi) is 12.7. The lowest BCUT2D eigenvalue weighted by atomic mass is 9.95. The molecule has 0 fully saturated rings. The maximum atomic E-state index is 13.9. The Bertz CT molecular complexity index is 962. The summed E-state index contributed by atoms with van der Waals surface area (Å²) in [6, 6.07) is 4.84. The van der Waals surface area contributed by atoms with Crippen LogP contribution in [0.2, 0.25) is 0 Å². The molecule has 1 rings (SSSR count). The van der Waals surface area contributed by atoms with Gasteiger partial charge in [0.2, 0.25) is 11.8 Å². The third-order valence-electron chi connectivity index (χ3n) is 5.66. The average molecular weight is 516 g/mol. The first-order valence-corrected chi connectivity index (χ1v) is 12.7. The Labute approximate surface area is 220 Å². The standard InChI is InChI=1S/C28H41N3O6/c1-9-19(5)23(30-27(35)37-28(6,7)8)26(34)31(11-3)24(21-15-13-20(10-2)14-16-21)25(33)29-18-17-22(32)36-12-4/h2,13-16,19,23-24H,9,11-12,17-18H2,1,3-8H3,(H,29,33)(H,30,35). The van der Waals surface area contributed by atoms with Crippen molar-refractivity contribution in [3.8, 4) is 12.3 Å². The van der Waals surface area contributed by atoms with Crippen molar-refractivity contribution in [2.24, 2.45) is 5.92 Å². The van der Waals surface area contributed by atoms with Gasteiger partial charge in [-0.05, 0) is 58.2 Å². The van der Waals surface area contributed by atoms with Gasteiger partial charge in [0.25, 0.3) is 0 Å². The van der Waals surface area contributed by atoms with E-state index in [1.165, 1.54) is 4.90 Å². The lowest BCUT2D eigenvalue weighted by Crippen LogP contribution is -2.55. The number of likely N-dealkylation sites (N-methyl/N-ethyl adjacent to an activating group) is 1. The van der Waals surface area contributed by atoms with E-state index in [1.807, 2.05) is 13.8 Å². The van der Waals surface area contributed by atoms with Gasteiger partial charge in [-0.1, -0.05) is 38.3 Å². The number of nitrogens with one attached hydrogen (secondary N) is 2. The summed E-state index contributed by atoms with van der Waals surface area (Å²) in [5, 5.41) is 5.44. The molecule has 9 heteroatoms. The van der Waals surface area contributed by atoms with E-state index < -0.39 is 41.6 Å². The number of hydrogen-bond acceptors (Lipinski definition) is 6. The predicted molar refractivity (Wildman–Crippen MR) is 141 cm³/mol. The minimum absolute atomic E-state index is 0.00189. The molecule has 3 atom stereocenters. The van der Waals surface area contributed by atoms with Crippen molar-refractivity contribution in [3.05, 3.63) is 35.4 Å². The predicted octanol–water partition coefficient (Wildman–Crippen LogP) is 3.57. The van der Waals surface area contributed by atoms with Gasteiger partial charge in [0.15, 0.2) is 0 Å². The molecule has 0 aromatic heterocycles. The lowest BCUT2D eigenvalue weighted by molar-refractivity contribution is -0.144. The number of terminal acetylenes is 1. The molecule has 0 bridgehead atoms. The first-order chi connectivity index (χ1) is 17.4. The van der Waals surface area contributed by atoms with Crippen molar-refractivity contribution >= 4 is 23.9 Å². The Morgan fingerprint density at radius 2 is 1.70 bits per heavy atom. The second-order valence-electron chi connectivity index (χ2n) is 9.65. The minimum Gasteiger partial charge on any atom is -0.466 e. The van der Waals surface area contributed by atoms with Crippen LogP contribution in [0.4, 0.5) is 4.79 Å². The molecule has 0 radical (unpaired) electrons. The Morgan fingerprint density at radius 1 is 1.08 bits per heavy atom. The summed E-state index contributed by atoms with van der Waals surface area (Å²) >= 11 is 0. The molecule has 3 amide bonds. The molecule has 0 aliphatic carbocycles. The number of carbonyl (C=O) groups is 4. The third kappa shape index (κ3) is 10.2.